The first kappa shape index (κ1) is 17.3. The van der Waals surface area contributed by atoms with Gasteiger partial charge in [0.15, 0.2) is 0 Å². The number of carbonyl (C=O) groups is 1. The van der Waals surface area contributed by atoms with Gasteiger partial charge in [-0.25, -0.2) is 0 Å². The lowest BCUT2D eigenvalue weighted by atomic mass is 10.1. The Morgan fingerprint density at radius 1 is 1.00 bits per heavy atom. The lowest BCUT2D eigenvalue weighted by molar-refractivity contribution is -0.137. The molecule has 0 spiro atoms. The van der Waals surface area contributed by atoms with Gasteiger partial charge < -0.3 is 15.6 Å². The highest BCUT2D eigenvalue weighted by atomic mass is 16.5. The summed E-state index contributed by atoms with van der Waals surface area (Å²) in [7, 11) is 0. The maximum atomic E-state index is 10.3. The topological polar surface area (TPSA) is 72.5 Å². The molecule has 0 amide bonds. The number of nitrogens with two attached hydrogens (primary N) is 1. The third-order valence-electron chi connectivity index (χ3n) is 3.41. The van der Waals surface area contributed by atoms with E-state index in [1.165, 1.54) is 25.7 Å². The average molecular weight is 293 g/mol. The summed E-state index contributed by atoms with van der Waals surface area (Å²) in [6.07, 6.45) is 9.19. The molecule has 0 aliphatic rings. The molecule has 118 valence electrons. The van der Waals surface area contributed by atoms with Gasteiger partial charge in [0.25, 0.3) is 0 Å². The molecule has 0 heterocycles. The van der Waals surface area contributed by atoms with Crippen LogP contribution in [0.4, 0.5) is 5.69 Å². The number of rotatable bonds is 12. The second kappa shape index (κ2) is 11.0. The van der Waals surface area contributed by atoms with Crippen molar-refractivity contribution in [1.29, 1.82) is 0 Å². The van der Waals surface area contributed by atoms with Crippen molar-refractivity contribution >= 4 is 11.7 Å². The minimum absolute atomic E-state index is 0.307. The molecule has 0 aliphatic carbocycles. The predicted octanol–water partition coefficient (Wildman–Crippen LogP) is 4.24. The molecule has 1 aromatic carbocycles. The van der Waals surface area contributed by atoms with E-state index in [-0.39, 0.29) is 0 Å². The van der Waals surface area contributed by atoms with Crippen LogP contribution in [0.2, 0.25) is 0 Å². The number of aliphatic carboxylic acids is 1. The molecule has 0 bridgehead atoms. The standard InChI is InChI=1S/C17H27NO3/c18-15-10-9-11-16(14-15)21-13-8-6-4-2-1-3-5-7-12-17(19)20/h9-11,14H,1-8,12-13,18H2,(H,19,20). The summed E-state index contributed by atoms with van der Waals surface area (Å²) in [5.74, 6) is 0.156. The van der Waals surface area contributed by atoms with E-state index < -0.39 is 5.97 Å². The molecular formula is C17H27NO3. The van der Waals surface area contributed by atoms with E-state index in [2.05, 4.69) is 0 Å². The first-order valence-electron chi connectivity index (χ1n) is 7.88. The zero-order chi connectivity index (χ0) is 15.3. The van der Waals surface area contributed by atoms with Crippen LogP contribution in [0.5, 0.6) is 5.75 Å². The van der Waals surface area contributed by atoms with Crippen LogP contribution in [0.1, 0.15) is 57.8 Å². The lowest BCUT2D eigenvalue weighted by Gasteiger charge is -2.06. The third-order valence-corrected chi connectivity index (χ3v) is 3.41. The Morgan fingerprint density at radius 3 is 2.24 bits per heavy atom. The average Bonchev–Trinajstić information content (AvgIpc) is 2.44. The third kappa shape index (κ3) is 9.77. The Kier molecular flexibility index (Phi) is 9.09. The van der Waals surface area contributed by atoms with Gasteiger partial charge in [0.05, 0.1) is 6.61 Å². The molecule has 0 fully saturated rings. The van der Waals surface area contributed by atoms with E-state index in [1.54, 1.807) is 0 Å². The van der Waals surface area contributed by atoms with Crippen molar-refractivity contribution in [2.24, 2.45) is 0 Å². The first-order chi connectivity index (χ1) is 10.2. The summed E-state index contributed by atoms with van der Waals surface area (Å²) in [6, 6.07) is 7.52. The summed E-state index contributed by atoms with van der Waals surface area (Å²) in [6.45, 7) is 0.738. The number of nitrogen functional groups attached to an aromatic ring is 1. The molecule has 0 aromatic heterocycles. The van der Waals surface area contributed by atoms with Crippen molar-refractivity contribution in [2.75, 3.05) is 12.3 Å². The van der Waals surface area contributed by atoms with Crippen LogP contribution in [-0.4, -0.2) is 17.7 Å². The van der Waals surface area contributed by atoms with Crippen molar-refractivity contribution in [3.63, 3.8) is 0 Å². The zero-order valence-electron chi connectivity index (χ0n) is 12.7. The van der Waals surface area contributed by atoms with E-state index >= 15 is 0 Å². The molecule has 0 saturated carbocycles. The highest BCUT2D eigenvalue weighted by Gasteiger charge is 1.97. The number of benzene rings is 1. The SMILES string of the molecule is Nc1cccc(OCCCCCCCCCCC(=O)O)c1. The number of hydrogen-bond donors (Lipinski definition) is 2. The van der Waals surface area contributed by atoms with Crippen LogP contribution in [0.15, 0.2) is 24.3 Å². The van der Waals surface area contributed by atoms with Gasteiger partial charge in [0.2, 0.25) is 0 Å². The second-order valence-corrected chi connectivity index (χ2v) is 5.39. The molecule has 0 atom stereocenters. The van der Waals surface area contributed by atoms with Crippen LogP contribution in [0.25, 0.3) is 0 Å². The normalized spacial score (nSPS) is 10.5. The van der Waals surface area contributed by atoms with E-state index in [4.69, 9.17) is 15.6 Å². The van der Waals surface area contributed by atoms with Gasteiger partial charge in [-0.15, -0.1) is 0 Å². The van der Waals surface area contributed by atoms with Gasteiger partial charge in [-0.1, -0.05) is 44.6 Å². The number of anilines is 1. The first-order valence-corrected chi connectivity index (χ1v) is 7.88. The summed E-state index contributed by atoms with van der Waals surface area (Å²) in [5.41, 5.74) is 6.41. The monoisotopic (exact) mass is 293 g/mol. The van der Waals surface area contributed by atoms with Crippen LogP contribution >= 0.6 is 0 Å². The van der Waals surface area contributed by atoms with Gasteiger partial charge in [0, 0.05) is 18.2 Å². The van der Waals surface area contributed by atoms with Crippen LogP contribution < -0.4 is 10.5 Å². The van der Waals surface area contributed by atoms with Crippen molar-refractivity contribution < 1.29 is 14.6 Å². The van der Waals surface area contributed by atoms with Crippen molar-refractivity contribution in [3.05, 3.63) is 24.3 Å². The highest BCUT2D eigenvalue weighted by Crippen LogP contribution is 2.15. The Balaban J connectivity index is 1.86. The minimum Gasteiger partial charge on any atom is -0.494 e. The molecule has 3 N–H and O–H groups in total. The predicted molar refractivity (Wildman–Crippen MR) is 85.5 cm³/mol. The van der Waals surface area contributed by atoms with E-state index in [1.807, 2.05) is 24.3 Å². The Hall–Kier alpha value is -1.71. The molecule has 0 saturated heterocycles. The van der Waals surface area contributed by atoms with Gasteiger partial charge >= 0.3 is 5.97 Å². The van der Waals surface area contributed by atoms with Gasteiger partial charge in [-0.3, -0.25) is 4.79 Å². The van der Waals surface area contributed by atoms with Crippen molar-refractivity contribution in [1.82, 2.24) is 0 Å². The van der Waals surface area contributed by atoms with Gasteiger partial charge in [-0.05, 0) is 25.0 Å². The van der Waals surface area contributed by atoms with E-state index in [9.17, 15) is 4.79 Å². The van der Waals surface area contributed by atoms with Crippen LogP contribution in [0.3, 0.4) is 0 Å². The summed E-state index contributed by atoms with van der Waals surface area (Å²) >= 11 is 0. The molecule has 0 unspecified atom stereocenters. The van der Waals surface area contributed by atoms with E-state index in [0.717, 1.165) is 43.7 Å². The maximum absolute atomic E-state index is 10.3. The minimum atomic E-state index is -0.685. The summed E-state index contributed by atoms with van der Waals surface area (Å²) in [5, 5.41) is 8.52. The second-order valence-electron chi connectivity index (χ2n) is 5.39. The fourth-order valence-electron chi connectivity index (χ4n) is 2.23. The fraction of sp³-hybridized carbons (Fsp3) is 0.588. The van der Waals surface area contributed by atoms with Crippen LogP contribution in [0, 0.1) is 0 Å². The molecule has 0 aliphatic heterocycles. The fourth-order valence-corrected chi connectivity index (χ4v) is 2.23. The number of carboxylic acids is 1. The Labute approximate surface area is 127 Å². The Morgan fingerprint density at radius 2 is 1.62 bits per heavy atom. The number of ether oxygens (including phenoxy) is 1. The molecule has 4 nitrogen and oxygen atoms in total. The lowest BCUT2D eigenvalue weighted by Crippen LogP contribution is -1.98. The summed E-state index contributed by atoms with van der Waals surface area (Å²) in [4.78, 5) is 10.3. The van der Waals surface area contributed by atoms with Crippen LogP contribution in [-0.2, 0) is 4.79 Å². The number of unbranched alkanes of at least 4 members (excludes halogenated alkanes) is 7. The molecule has 21 heavy (non-hydrogen) atoms. The summed E-state index contributed by atoms with van der Waals surface area (Å²) < 4.78 is 5.63. The van der Waals surface area contributed by atoms with Gasteiger partial charge in [-0.2, -0.15) is 0 Å². The van der Waals surface area contributed by atoms with Crippen molar-refractivity contribution in [3.8, 4) is 5.75 Å². The van der Waals surface area contributed by atoms with Gasteiger partial charge in [0.1, 0.15) is 5.75 Å². The molecule has 4 heteroatoms. The van der Waals surface area contributed by atoms with E-state index in [0.29, 0.717) is 6.42 Å². The number of carboxylic acid groups (broad SMARTS) is 1. The highest BCUT2D eigenvalue weighted by molar-refractivity contribution is 5.66. The number of hydrogen-bond acceptors (Lipinski definition) is 3. The zero-order valence-corrected chi connectivity index (χ0v) is 12.7. The smallest absolute Gasteiger partial charge is 0.303 e. The molecular weight excluding hydrogens is 266 g/mol. The Bertz CT molecular complexity index is 407. The maximum Gasteiger partial charge on any atom is 0.303 e. The quantitative estimate of drug-likeness (QED) is 0.446. The molecule has 0 radical (unpaired) electrons. The largest absolute Gasteiger partial charge is 0.494 e. The van der Waals surface area contributed by atoms with Crippen molar-refractivity contribution in [2.45, 2.75) is 57.8 Å². The molecule has 1 aromatic rings. The molecule has 1 rings (SSSR count).